The maximum absolute atomic E-state index is 12.7. The largest absolute Gasteiger partial charge is 0.392 e. The Morgan fingerprint density at radius 2 is 1.82 bits per heavy atom. The van der Waals surface area contributed by atoms with Gasteiger partial charge in [-0.15, -0.1) is 0 Å². The molecule has 0 aliphatic heterocycles. The SMILES string of the molecule is C=CC(=C)/C=C(/CC(CO)=C(C)C)c1ccc(C(F)F)cc1. The normalized spacial score (nSPS) is 11.5. The maximum Gasteiger partial charge on any atom is 0.263 e. The third kappa shape index (κ3) is 5.08. The van der Waals surface area contributed by atoms with Crippen molar-refractivity contribution in [2.45, 2.75) is 26.7 Å². The number of alkyl halides is 2. The van der Waals surface area contributed by atoms with Crippen LogP contribution in [0, 0.1) is 0 Å². The zero-order valence-electron chi connectivity index (χ0n) is 13.1. The zero-order chi connectivity index (χ0) is 16.7. The van der Waals surface area contributed by atoms with Gasteiger partial charge in [0.1, 0.15) is 0 Å². The van der Waals surface area contributed by atoms with Crippen LogP contribution in [0.1, 0.15) is 37.8 Å². The van der Waals surface area contributed by atoms with Crippen LogP contribution < -0.4 is 0 Å². The van der Waals surface area contributed by atoms with Gasteiger partial charge in [-0.25, -0.2) is 8.78 Å². The second-order valence-corrected chi connectivity index (χ2v) is 5.31. The summed E-state index contributed by atoms with van der Waals surface area (Å²) in [5.74, 6) is 0. The zero-order valence-corrected chi connectivity index (χ0v) is 13.1. The molecule has 1 aromatic rings. The average molecular weight is 304 g/mol. The van der Waals surface area contributed by atoms with Gasteiger partial charge in [0.25, 0.3) is 6.43 Å². The molecule has 0 saturated heterocycles. The van der Waals surface area contributed by atoms with Gasteiger partial charge in [0.15, 0.2) is 0 Å². The van der Waals surface area contributed by atoms with Crippen molar-refractivity contribution >= 4 is 5.57 Å². The number of aliphatic hydroxyl groups is 1. The van der Waals surface area contributed by atoms with Crippen molar-refractivity contribution in [2.24, 2.45) is 0 Å². The minimum atomic E-state index is -2.48. The summed E-state index contributed by atoms with van der Waals surface area (Å²) in [6.07, 6.45) is 1.56. The lowest BCUT2D eigenvalue weighted by Gasteiger charge is -2.13. The predicted octanol–water partition coefficient (Wildman–Crippen LogP) is 5.47. The molecule has 0 heterocycles. The fourth-order valence-corrected chi connectivity index (χ4v) is 1.98. The van der Waals surface area contributed by atoms with Crippen molar-refractivity contribution in [1.29, 1.82) is 0 Å². The van der Waals surface area contributed by atoms with E-state index in [0.29, 0.717) is 6.42 Å². The number of rotatable bonds is 7. The van der Waals surface area contributed by atoms with Gasteiger partial charge in [0, 0.05) is 5.56 Å². The molecule has 0 radical (unpaired) electrons. The topological polar surface area (TPSA) is 20.2 Å². The summed E-state index contributed by atoms with van der Waals surface area (Å²) in [7, 11) is 0. The molecule has 0 saturated carbocycles. The fraction of sp³-hybridized carbons (Fsp3) is 0.263. The van der Waals surface area contributed by atoms with Crippen LogP contribution in [-0.2, 0) is 0 Å². The van der Waals surface area contributed by atoms with Gasteiger partial charge in [-0.05, 0) is 42.6 Å². The van der Waals surface area contributed by atoms with E-state index in [0.717, 1.165) is 27.9 Å². The summed E-state index contributed by atoms with van der Waals surface area (Å²) >= 11 is 0. The molecule has 0 aromatic heterocycles. The van der Waals surface area contributed by atoms with Crippen molar-refractivity contribution in [2.75, 3.05) is 6.61 Å². The lowest BCUT2D eigenvalue weighted by atomic mass is 9.94. The molecular weight excluding hydrogens is 282 g/mol. The van der Waals surface area contributed by atoms with E-state index in [-0.39, 0.29) is 12.2 Å². The summed E-state index contributed by atoms with van der Waals surface area (Å²) in [6.45, 7) is 11.4. The van der Waals surface area contributed by atoms with Crippen LogP contribution in [0.4, 0.5) is 8.78 Å². The standard InChI is InChI=1S/C19H22F2O/c1-5-14(4)10-17(11-18(12-22)13(2)3)15-6-8-16(9-7-15)19(20)21/h5-10,19,22H,1,4,11-12H2,2-3H3/b17-10-. The smallest absolute Gasteiger partial charge is 0.263 e. The van der Waals surface area contributed by atoms with Crippen LogP contribution in [0.2, 0.25) is 0 Å². The molecule has 22 heavy (non-hydrogen) atoms. The number of benzene rings is 1. The van der Waals surface area contributed by atoms with Crippen LogP contribution in [0.3, 0.4) is 0 Å². The molecule has 0 spiro atoms. The first-order valence-electron chi connectivity index (χ1n) is 7.05. The Labute approximate surface area is 131 Å². The Balaban J connectivity index is 3.21. The van der Waals surface area contributed by atoms with Crippen LogP contribution in [0.5, 0.6) is 0 Å². The Kier molecular flexibility index (Phi) is 6.93. The first-order valence-corrected chi connectivity index (χ1v) is 7.05. The summed E-state index contributed by atoms with van der Waals surface area (Å²) < 4.78 is 25.3. The number of halogens is 2. The molecule has 0 fully saturated rings. The minimum absolute atomic E-state index is 0.00440. The number of hydrogen-bond donors (Lipinski definition) is 1. The van der Waals surface area contributed by atoms with Crippen LogP contribution in [0.15, 0.2) is 66.3 Å². The first kappa shape index (κ1) is 18.1. The molecule has 0 bridgehead atoms. The molecule has 1 nitrogen and oxygen atoms in total. The molecule has 0 unspecified atom stereocenters. The quantitative estimate of drug-likeness (QED) is 0.523. The van der Waals surface area contributed by atoms with Gasteiger partial charge in [-0.1, -0.05) is 55.1 Å². The molecule has 118 valence electrons. The third-order valence-electron chi connectivity index (χ3n) is 3.46. The highest BCUT2D eigenvalue weighted by molar-refractivity contribution is 5.71. The van der Waals surface area contributed by atoms with Crippen molar-refractivity contribution in [1.82, 2.24) is 0 Å². The van der Waals surface area contributed by atoms with Crippen molar-refractivity contribution < 1.29 is 13.9 Å². The number of hydrogen-bond acceptors (Lipinski definition) is 1. The Hall–Kier alpha value is -2.00. The molecule has 0 atom stereocenters. The molecule has 1 rings (SSSR count). The van der Waals surface area contributed by atoms with Gasteiger partial charge < -0.3 is 5.11 Å². The van der Waals surface area contributed by atoms with E-state index in [4.69, 9.17) is 0 Å². The average Bonchev–Trinajstić information content (AvgIpc) is 2.50. The van der Waals surface area contributed by atoms with Gasteiger partial charge in [0.05, 0.1) is 6.61 Å². The maximum atomic E-state index is 12.7. The van der Waals surface area contributed by atoms with E-state index in [9.17, 15) is 13.9 Å². The van der Waals surface area contributed by atoms with E-state index in [1.54, 1.807) is 18.2 Å². The molecular formula is C19H22F2O. The van der Waals surface area contributed by atoms with Crippen molar-refractivity contribution in [3.63, 3.8) is 0 Å². The predicted molar refractivity (Wildman–Crippen MR) is 88.8 cm³/mol. The lowest BCUT2D eigenvalue weighted by molar-refractivity contribution is 0.151. The van der Waals surface area contributed by atoms with Gasteiger partial charge in [-0.3, -0.25) is 0 Å². The van der Waals surface area contributed by atoms with Crippen molar-refractivity contribution in [3.8, 4) is 0 Å². The van der Waals surface area contributed by atoms with Crippen LogP contribution >= 0.6 is 0 Å². The number of aliphatic hydroxyl groups excluding tert-OH is 1. The summed E-state index contributed by atoms with van der Waals surface area (Å²) in [5.41, 5.74) is 4.42. The van der Waals surface area contributed by atoms with E-state index in [2.05, 4.69) is 13.2 Å². The second kappa shape index (κ2) is 8.44. The molecule has 0 amide bonds. The van der Waals surface area contributed by atoms with E-state index >= 15 is 0 Å². The third-order valence-corrected chi connectivity index (χ3v) is 3.46. The molecule has 0 aliphatic carbocycles. The van der Waals surface area contributed by atoms with E-state index in [1.807, 2.05) is 19.9 Å². The minimum Gasteiger partial charge on any atom is -0.392 e. The van der Waals surface area contributed by atoms with Gasteiger partial charge in [-0.2, -0.15) is 0 Å². The second-order valence-electron chi connectivity index (χ2n) is 5.31. The molecule has 0 aliphatic rings. The summed E-state index contributed by atoms with van der Waals surface area (Å²) in [5, 5.41) is 9.47. The van der Waals surface area contributed by atoms with Crippen LogP contribution in [-0.4, -0.2) is 11.7 Å². The fourth-order valence-electron chi connectivity index (χ4n) is 1.98. The van der Waals surface area contributed by atoms with Crippen LogP contribution in [0.25, 0.3) is 5.57 Å². The monoisotopic (exact) mass is 304 g/mol. The van der Waals surface area contributed by atoms with Gasteiger partial charge in [0.2, 0.25) is 0 Å². The van der Waals surface area contributed by atoms with E-state index < -0.39 is 6.43 Å². The first-order chi connectivity index (χ1) is 10.4. The van der Waals surface area contributed by atoms with Crippen molar-refractivity contribution in [3.05, 3.63) is 77.4 Å². The summed E-state index contributed by atoms with van der Waals surface area (Å²) in [4.78, 5) is 0. The Morgan fingerprint density at radius 1 is 1.23 bits per heavy atom. The molecule has 1 aromatic carbocycles. The molecule has 3 heteroatoms. The van der Waals surface area contributed by atoms with E-state index in [1.165, 1.54) is 12.1 Å². The summed E-state index contributed by atoms with van der Waals surface area (Å²) in [6, 6.07) is 6.19. The highest BCUT2D eigenvalue weighted by Gasteiger charge is 2.10. The Bertz CT molecular complexity index is 588. The molecule has 1 N–H and O–H groups in total. The lowest BCUT2D eigenvalue weighted by Crippen LogP contribution is -1.97. The Morgan fingerprint density at radius 3 is 2.23 bits per heavy atom. The highest BCUT2D eigenvalue weighted by Crippen LogP contribution is 2.27. The number of allylic oxidation sites excluding steroid dienone is 5. The highest BCUT2D eigenvalue weighted by atomic mass is 19.3. The van der Waals surface area contributed by atoms with Gasteiger partial charge >= 0.3 is 0 Å².